The van der Waals surface area contributed by atoms with Gasteiger partial charge in [0.2, 0.25) is 0 Å². The number of carbonyl (C=O) groups excluding carboxylic acids is 1. The number of benzene rings is 1. The molecule has 0 unspecified atom stereocenters. The third kappa shape index (κ3) is 3.29. The van der Waals surface area contributed by atoms with Gasteiger partial charge in [0.25, 0.3) is 5.91 Å². The Morgan fingerprint density at radius 1 is 1.28 bits per heavy atom. The summed E-state index contributed by atoms with van der Waals surface area (Å²) in [6, 6.07) is 13.6. The summed E-state index contributed by atoms with van der Waals surface area (Å²) >= 11 is 7.57. The van der Waals surface area contributed by atoms with Gasteiger partial charge in [-0.2, -0.15) is 0 Å². The fourth-order valence-electron chi connectivity index (χ4n) is 3.47. The lowest BCUT2D eigenvalue weighted by Gasteiger charge is -2.31. The highest BCUT2D eigenvalue weighted by Gasteiger charge is 2.24. The molecule has 1 fully saturated rings. The number of pyridine rings is 1. The van der Waals surface area contributed by atoms with E-state index in [1.54, 1.807) is 0 Å². The predicted octanol–water partition coefficient (Wildman–Crippen LogP) is 5.49. The van der Waals surface area contributed by atoms with Crippen LogP contribution < -0.4 is 0 Å². The Bertz CT molecular complexity index is 936. The van der Waals surface area contributed by atoms with Crippen LogP contribution in [0.4, 0.5) is 0 Å². The van der Waals surface area contributed by atoms with Crippen LogP contribution >= 0.6 is 22.9 Å². The smallest absolute Gasteiger partial charge is 0.254 e. The number of carbonyl (C=O) groups is 1. The maximum Gasteiger partial charge on any atom is 0.254 e. The Morgan fingerprint density at radius 2 is 2.12 bits per heavy atom. The number of halogens is 1. The molecule has 1 aliphatic heterocycles. The Hall–Kier alpha value is -1.91. The average molecular weight is 371 g/mol. The van der Waals surface area contributed by atoms with Crippen LogP contribution in [-0.4, -0.2) is 28.9 Å². The number of likely N-dealkylation sites (tertiary alicyclic amines) is 1. The predicted molar refractivity (Wildman–Crippen MR) is 104 cm³/mol. The zero-order valence-corrected chi connectivity index (χ0v) is 15.6. The van der Waals surface area contributed by atoms with Crippen molar-refractivity contribution in [2.45, 2.75) is 19.8 Å². The fraction of sp³-hybridized carbons (Fsp3) is 0.300. The number of thiophene rings is 1. The number of hydrogen-bond donors (Lipinski definition) is 0. The van der Waals surface area contributed by atoms with E-state index in [-0.39, 0.29) is 5.91 Å². The maximum atomic E-state index is 13.2. The molecule has 1 aliphatic rings. The molecule has 0 spiro atoms. The van der Waals surface area contributed by atoms with Crippen molar-refractivity contribution >= 4 is 39.7 Å². The minimum atomic E-state index is 0.106. The van der Waals surface area contributed by atoms with E-state index in [9.17, 15) is 4.79 Å². The summed E-state index contributed by atoms with van der Waals surface area (Å²) in [4.78, 5) is 20.9. The lowest BCUT2D eigenvalue weighted by molar-refractivity contribution is 0.0685. The summed E-state index contributed by atoms with van der Waals surface area (Å²) in [6.45, 7) is 3.87. The van der Waals surface area contributed by atoms with Crippen LogP contribution in [0.25, 0.3) is 21.5 Å². The molecule has 3 heterocycles. The normalized spacial score (nSPS) is 17.8. The van der Waals surface area contributed by atoms with E-state index in [1.165, 1.54) is 17.8 Å². The molecule has 1 amide bonds. The van der Waals surface area contributed by atoms with Crippen LogP contribution in [0.5, 0.6) is 0 Å². The number of nitrogens with zero attached hydrogens (tertiary/aromatic N) is 2. The summed E-state index contributed by atoms with van der Waals surface area (Å²) in [5.41, 5.74) is 2.39. The van der Waals surface area contributed by atoms with Crippen molar-refractivity contribution in [3.05, 3.63) is 52.4 Å². The summed E-state index contributed by atoms with van der Waals surface area (Å²) in [5.74, 6) is 0.662. The molecular weight excluding hydrogens is 352 g/mol. The molecule has 1 atom stereocenters. The molecule has 5 heteroatoms. The average Bonchev–Trinajstić information content (AvgIpc) is 3.06. The van der Waals surface area contributed by atoms with Gasteiger partial charge in [-0.1, -0.05) is 36.7 Å². The molecule has 1 saturated heterocycles. The van der Waals surface area contributed by atoms with Crippen molar-refractivity contribution in [1.29, 1.82) is 0 Å². The van der Waals surface area contributed by atoms with Gasteiger partial charge in [0, 0.05) is 18.5 Å². The third-order valence-electron chi connectivity index (χ3n) is 4.72. The van der Waals surface area contributed by atoms with Crippen LogP contribution in [0.2, 0.25) is 4.34 Å². The first-order chi connectivity index (χ1) is 12.1. The number of para-hydroxylation sites is 1. The Balaban J connectivity index is 1.82. The molecule has 25 heavy (non-hydrogen) atoms. The Kier molecular flexibility index (Phi) is 4.48. The molecule has 0 radical (unpaired) electrons. The van der Waals surface area contributed by atoms with Gasteiger partial charge >= 0.3 is 0 Å². The zero-order chi connectivity index (χ0) is 17.4. The van der Waals surface area contributed by atoms with Crippen molar-refractivity contribution in [2.24, 2.45) is 5.92 Å². The second-order valence-electron chi connectivity index (χ2n) is 6.67. The van der Waals surface area contributed by atoms with E-state index in [0.717, 1.165) is 50.9 Å². The summed E-state index contributed by atoms with van der Waals surface area (Å²) in [6.07, 6.45) is 2.27. The van der Waals surface area contributed by atoms with E-state index in [2.05, 4.69) is 6.92 Å². The highest BCUT2D eigenvalue weighted by Crippen LogP contribution is 2.33. The molecule has 4 rings (SSSR count). The van der Waals surface area contributed by atoms with E-state index < -0.39 is 0 Å². The molecule has 0 saturated carbocycles. The van der Waals surface area contributed by atoms with Crippen LogP contribution in [0.1, 0.15) is 30.1 Å². The maximum absolute atomic E-state index is 13.2. The lowest BCUT2D eigenvalue weighted by Crippen LogP contribution is -2.39. The number of fused-ring (bicyclic) bond motifs is 1. The Labute approximate surface area is 156 Å². The molecule has 0 N–H and O–H groups in total. The first kappa shape index (κ1) is 16.6. The molecular formula is C20H19ClN2OS. The third-order valence-corrected chi connectivity index (χ3v) is 5.97. The summed E-state index contributed by atoms with van der Waals surface area (Å²) in [7, 11) is 0. The van der Waals surface area contributed by atoms with Crippen molar-refractivity contribution < 1.29 is 4.79 Å². The van der Waals surface area contributed by atoms with Crippen molar-refractivity contribution in [3.63, 3.8) is 0 Å². The number of rotatable bonds is 2. The largest absolute Gasteiger partial charge is 0.338 e. The van der Waals surface area contributed by atoms with Crippen molar-refractivity contribution in [2.75, 3.05) is 13.1 Å². The quantitative estimate of drug-likeness (QED) is 0.597. The molecule has 128 valence electrons. The topological polar surface area (TPSA) is 33.2 Å². The van der Waals surface area contributed by atoms with E-state index in [1.807, 2.05) is 47.4 Å². The van der Waals surface area contributed by atoms with Gasteiger partial charge in [0.1, 0.15) is 0 Å². The minimum absolute atomic E-state index is 0.106. The van der Waals surface area contributed by atoms with Gasteiger partial charge in [-0.15, -0.1) is 11.3 Å². The second kappa shape index (κ2) is 6.77. The number of aromatic nitrogens is 1. The highest BCUT2D eigenvalue weighted by atomic mass is 35.5. The second-order valence-corrected chi connectivity index (χ2v) is 8.39. The first-order valence-corrected chi connectivity index (χ1v) is 9.76. The standard InChI is InChI=1S/C20H19ClN2OS/c1-13-5-4-10-23(12-13)20(24)15-11-17(18-8-9-19(21)25-18)22-16-7-3-2-6-14(15)16/h2-3,6-9,11,13H,4-5,10,12H2,1H3/t13-/m0/s1. The highest BCUT2D eigenvalue weighted by molar-refractivity contribution is 7.19. The van der Waals surface area contributed by atoms with E-state index in [4.69, 9.17) is 16.6 Å². The molecule has 2 aromatic heterocycles. The van der Waals surface area contributed by atoms with Gasteiger partial charge in [0.15, 0.2) is 0 Å². The number of piperidine rings is 1. The van der Waals surface area contributed by atoms with Crippen LogP contribution in [0.15, 0.2) is 42.5 Å². The van der Waals surface area contributed by atoms with Crippen LogP contribution in [-0.2, 0) is 0 Å². The van der Waals surface area contributed by atoms with Gasteiger partial charge in [-0.3, -0.25) is 4.79 Å². The monoisotopic (exact) mass is 370 g/mol. The zero-order valence-electron chi connectivity index (χ0n) is 14.0. The van der Waals surface area contributed by atoms with Gasteiger partial charge in [-0.05, 0) is 43.0 Å². The summed E-state index contributed by atoms with van der Waals surface area (Å²) in [5, 5.41) is 0.914. The number of hydrogen-bond acceptors (Lipinski definition) is 3. The van der Waals surface area contributed by atoms with Crippen molar-refractivity contribution in [1.82, 2.24) is 9.88 Å². The SMILES string of the molecule is C[C@H]1CCCN(C(=O)c2cc(-c3ccc(Cl)s3)nc3ccccc23)C1. The Morgan fingerprint density at radius 3 is 2.88 bits per heavy atom. The van der Waals surface area contributed by atoms with Gasteiger partial charge in [-0.25, -0.2) is 4.98 Å². The van der Waals surface area contributed by atoms with E-state index >= 15 is 0 Å². The number of amides is 1. The molecule has 0 bridgehead atoms. The van der Waals surface area contributed by atoms with Crippen LogP contribution in [0.3, 0.4) is 0 Å². The van der Waals surface area contributed by atoms with Gasteiger partial charge < -0.3 is 4.90 Å². The molecule has 3 nitrogen and oxygen atoms in total. The van der Waals surface area contributed by atoms with E-state index in [0.29, 0.717) is 5.92 Å². The molecule has 1 aromatic carbocycles. The van der Waals surface area contributed by atoms with Gasteiger partial charge in [0.05, 0.1) is 26.0 Å². The lowest BCUT2D eigenvalue weighted by atomic mass is 9.98. The first-order valence-electron chi connectivity index (χ1n) is 8.56. The minimum Gasteiger partial charge on any atom is -0.338 e. The van der Waals surface area contributed by atoms with Crippen molar-refractivity contribution in [3.8, 4) is 10.6 Å². The fourth-order valence-corrected chi connectivity index (χ4v) is 4.48. The summed E-state index contributed by atoms with van der Waals surface area (Å²) < 4.78 is 0.725. The molecule has 3 aromatic rings. The molecule has 0 aliphatic carbocycles. The van der Waals surface area contributed by atoms with Crippen LogP contribution in [0, 0.1) is 5.92 Å².